The van der Waals surface area contributed by atoms with Crippen molar-refractivity contribution in [2.24, 2.45) is 0 Å². The van der Waals surface area contributed by atoms with Gasteiger partial charge in [-0.3, -0.25) is 48.7 Å². The second kappa shape index (κ2) is 43.8. The average Bonchev–Trinajstić information content (AvgIpc) is 1.57. The number of piperidine rings is 1. The maximum absolute atomic E-state index is 15.3. The number of imide groups is 1. The summed E-state index contributed by atoms with van der Waals surface area (Å²) in [5, 5.41) is 34.1. The van der Waals surface area contributed by atoms with Crippen molar-refractivity contribution in [3.8, 4) is 17.1 Å². The van der Waals surface area contributed by atoms with Crippen LogP contribution in [-0.4, -0.2) is 254 Å². The zero-order valence-corrected chi connectivity index (χ0v) is 62.0. The molecule has 4 aliphatic rings. The number of amides is 7. The number of hydrogen-bond donors (Lipinski definition) is 6. The molecule has 2 aromatic heterocycles. The molecule has 0 radical (unpaired) electrons. The number of pyridine rings is 2. The molecule has 0 unspecified atom stereocenters. The number of aromatic nitrogens is 2. The smallest absolute Gasteiger partial charge is 0.411 e. The Hall–Kier alpha value is -8.90. The molecule has 32 nitrogen and oxygen atoms in total. The highest BCUT2D eigenvalue weighted by atomic mass is 19.1. The van der Waals surface area contributed by atoms with Gasteiger partial charge in [-0.1, -0.05) is 19.1 Å². The molecular formula is C74H103FN10O22. The lowest BCUT2D eigenvalue weighted by Gasteiger charge is -2.43. The number of rotatable bonds is 46. The highest BCUT2D eigenvalue weighted by molar-refractivity contribution is 6.12. The van der Waals surface area contributed by atoms with Crippen LogP contribution in [0.25, 0.3) is 22.3 Å². The van der Waals surface area contributed by atoms with Gasteiger partial charge in [-0.15, -0.1) is 0 Å². The van der Waals surface area contributed by atoms with Crippen molar-refractivity contribution in [3.63, 3.8) is 0 Å². The minimum atomic E-state index is -1.97. The first-order valence-electron chi connectivity index (χ1n) is 36.2. The third-order valence-electron chi connectivity index (χ3n) is 18.4. The fourth-order valence-corrected chi connectivity index (χ4v) is 12.8. The molecule has 1 saturated heterocycles. The van der Waals surface area contributed by atoms with Crippen molar-refractivity contribution >= 4 is 70.6 Å². The van der Waals surface area contributed by atoms with Gasteiger partial charge in [-0.25, -0.2) is 19.0 Å². The van der Waals surface area contributed by atoms with Gasteiger partial charge in [-0.2, -0.15) is 0 Å². The van der Waals surface area contributed by atoms with Crippen molar-refractivity contribution in [2.75, 3.05) is 158 Å². The first kappa shape index (κ1) is 85.4. The second-order valence-electron chi connectivity index (χ2n) is 26.7. The van der Waals surface area contributed by atoms with Crippen LogP contribution in [-0.2, 0) is 113 Å². The molecule has 6 heterocycles. The van der Waals surface area contributed by atoms with Gasteiger partial charge in [0.15, 0.2) is 17.2 Å². The Labute approximate surface area is 621 Å². The molecule has 4 aliphatic heterocycles. The largest absolute Gasteiger partial charge is 0.554 e. The number of halogens is 1. The first-order chi connectivity index (χ1) is 51.5. The molecule has 588 valence electrons. The quantitative estimate of drug-likeness (QED) is 0.0107. The molecule has 2 atom stereocenters. The molecular weight excluding hydrogens is 1400 g/mol. The first-order valence-corrected chi connectivity index (χ1v) is 36.2. The minimum absolute atomic E-state index is 0.00846. The predicted molar refractivity (Wildman–Crippen MR) is 383 cm³/mol. The number of nitrogens with one attached hydrogen (secondary N) is 5. The highest BCUT2D eigenvalue weighted by Crippen LogP contribution is 2.42. The molecule has 0 spiro atoms. The van der Waals surface area contributed by atoms with Gasteiger partial charge < -0.3 is 92.7 Å². The fraction of sp³-hybridized carbons (Fsp3) is 0.581. The topological polar surface area (TPSA) is 391 Å². The number of quaternary nitrogens is 1. The zero-order chi connectivity index (χ0) is 77.3. The molecule has 107 heavy (non-hydrogen) atoms. The van der Waals surface area contributed by atoms with Gasteiger partial charge in [0.1, 0.15) is 25.8 Å². The lowest BCUT2D eigenvalue weighted by Crippen LogP contribution is -2.53. The Morgan fingerprint density at radius 1 is 0.748 bits per heavy atom. The Kier molecular flexibility index (Phi) is 34.9. The number of methoxy groups -OCH3 is 1. The standard InChI is InChI=1S/C73H101FN10O20.CH2O2/c1-7-73(94)57-43-61-68-55(46-83(61)70(91)56(57)48-104-71(73)92)54(53-42-62(95-6)58(74)44-60(53)80-68)45-81-25-20-52(21-26-81)84(4,5)47-50-12-14-51(15-13-50)78-72(93)103-41-40-102-39-38-101-37-36-100-35-34-99-33-32-98-31-30-97-29-28-96-27-23-75-63(85)17-16-59(69(90)76-22-8-10-64(86)77-49(2)3)79-65(87)11-9-24-82-66(88)18-19-67(82)89;2-1-3/h12-15,18-19,42-44,49,52,59,94H,7-11,16-17,20-41,45-48H2,1-6H3,(H4-,75,76,77,78,79,85,86,87,90,93);1H,(H,2,3)/t59-,73-;/m0./s1. The number of hydrogen-bond acceptors (Lipinski definition) is 24. The molecule has 8 rings (SSSR count). The van der Waals surface area contributed by atoms with Gasteiger partial charge in [0, 0.05) is 130 Å². The van der Waals surface area contributed by atoms with Gasteiger partial charge >= 0.3 is 12.1 Å². The number of carbonyl (C=O) groups is 9. The molecule has 6 N–H and O–H groups in total. The lowest BCUT2D eigenvalue weighted by atomic mass is 9.86. The number of nitrogens with zero attached hydrogens (tertiary/aromatic N) is 5. The van der Waals surface area contributed by atoms with Crippen LogP contribution in [0.4, 0.5) is 14.9 Å². The van der Waals surface area contributed by atoms with Crippen molar-refractivity contribution in [3.05, 3.63) is 98.6 Å². The van der Waals surface area contributed by atoms with E-state index in [9.17, 15) is 48.3 Å². The Morgan fingerprint density at radius 3 is 1.90 bits per heavy atom. The molecule has 0 bridgehead atoms. The molecule has 0 saturated carbocycles. The van der Waals surface area contributed by atoms with E-state index in [-0.39, 0.29) is 131 Å². The van der Waals surface area contributed by atoms with Crippen molar-refractivity contribution in [2.45, 2.75) is 129 Å². The summed E-state index contributed by atoms with van der Waals surface area (Å²) in [6.45, 7) is 12.9. The summed E-state index contributed by atoms with van der Waals surface area (Å²) in [6.07, 6.45) is 4.25. The van der Waals surface area contributed by atoms with Crippen LogP contribution >= 0.6 is 0 Å². The Bertz CT molecular complexity index is 3720. The number of esters is 1. The summed E-state index contributed by atoms with van der Waals surface area (Å²) in [7, 11) is 5.88. The zero-order valence-electron chi connectivity index (χ0n) is 62.0. The van der Waals surface area contributed by atoms with E-state index in [1.54, 1.807) is 23.6 Å². The van der Waals surface area contributed by atoms with Crippen LogP contribution in [0.15, 0.2) is 59.4 Å². The molecule has 0 aliphatic carbocycles. The highest BCUT2D eigenvalue weighted by Gasteiger charge is 2.46. The maximum atomic E-state index is 15.3. The SMILES string of the molecule is CC[C@@]1(O)C(=O)OCc2c1cc1n(c2=O)Cc2c-1nc1cc(F)c(OC)cc1c2CN1CCC([N+](C)(C)Cc2ccc(NC(=O)OCCOCCOCCOCCOCCOCCOCCOCCNC(=O)CC[C@H](NC(=O)CCCN3C(=O)C=CC3=O)C(=O)NCCCC(=O)NC(C)C)cc2)CC1.O=C[O-]. The van der Waals surface area contributed by atoms with Crippen molar-refractivity contribution in [1.29, 1.82) is 0 Å². The maximum Gasteiger partial charge on any atom is 0.411 e. The number of fused-ring (bicyclic) bond motifs is 5. The van der Waals surface area contributed by atoms with E-state index in [4.69, 9.17) is 62.3 Å². The molecule has 1 fully saturated rings. The normalized spacial score (nSPS) is 15.8. The van der Waals surface area contributed by atoms with Crippen molar-refractivity contribution in [1.82, 2.24) is 40.6 Å². The van der Waals surface area contributed by atoms with Crippen LogP contribution in [0.5, 0.6) is 5.75 Å². The van der Waals surface area contributed by atoms with Crippen LogP contribution in [0.2, 0.25) is 0 Å². The van der Waals surface area contributed by atoms with Gasteiger partial charge in [-0.05, 0) is 69.4 Å². The third kappa shape index (κ3) is 26.2. The number of carbonyl (C=O) groups excluding carboxylic acids is 9. The van der Waals surface area contributed by atoms with E-state index >= 15 is 4.39 Å². The van der Waals surface area contributed by atoms with Gasteiger partial charge in [0.05, 0.1) is 149 Å². The predicted octanol–water partition coefficient (Wildman–Crippen LogP) is 2.01. The monoisotopic (exact) mass is 1500 g/mol. The number of cyclic esters (lactones) is 1. The molecule has 7 amide bonds. The minimum Gasteiger partial charge on any atom is -0.554 e. The van der Waals surface area contributed by atoms with E-state index in [1.807, 2.05) is 38.1 Å². The summed E-state index contributed by atoms with van der Waals surface area (Å²) in [6, 6.07) is 11.7. The van der Waals surface area contributed by atoms with Crippen LogP contribution in [0, 0.1) is 5.82 Å². The van der Waals surface area contributed by atoms with E-state index in [0.717, 1.165) is 76.1 Å². The summed E-state index contributed by atoms with van der Waals surface area (Å²) in [5.74, 6) is -3.65. The number of benzene rings is 2. The van der Waals surface area contributed by atoms with E-state index in [1.165, 1.54) is 13.2 Å². The third-order valence-corrected chi connectivity index (χ3v) is 18.4. The van der Waals surface area contributed by atoms with Crippen LogP contribution in [0.1, 0.15) is 106 Å². The fourth-order valence-electron chi connectivity index (χ4n) is 12.8. The summed E-state index contributed by atoms with van der Waals surface area (Å²) in [4.78, 5) is 130. The summed E-state index contributed by atoms with van der Waals surface area (Å²) in [5.41, 5.74) is 2.95. The molecule has 4 aromatic rings. The number of ether oxygens (including phenoxy) is 10. The van der Waals surface area contributed by atoms with Crippen LogP contribution in [0.3, 0.4) is 0 Å². The number of anilines is 1. The van der Waals surface area contributed by atoms with Gasteiger partial charge in [0.2, 0.25) is 23.6 Å². The average molecular weight is 1500 g/mol. The molecule has 2 aromatic carbocycles. The molecule has 33 heteroatoms. The summed E-state index contributed by atoms with van der Waals surface area (Å²) >= 11 is 0. The Balaban J connectivity index is 0.00000523. The second-order valence-corrected chi connectivity index (χ2v) is 26.7. The van der Waals surface area contributed by atoms with E-state index in [2.05, 4.69) is 45.6 Å². The van der Waals surface area contributed by atoms with E-state index < -0.39 is 59.6 Å². The summed E-state index contributed by atoms with van der Waals surface area (Å²) < 4.78 is 72.5. The number of likely N-dealkylation sites (tertiary alicyclic amines) is 1. The lowest BCUT2D eigenvalue weighted by molar-refractivity contribution is -0.929. The van der Waals surface area contributed by atoms with Gasteiger partial charge in [0.25, 0.3) is 17.4 Å². The number of carboxylic acid groups (broad SMARTS) is 1. The number of aliphatic hydroxyl groups is 1. The van der Waals surface area contributed by atoms with E-state index in [0.29, 0.717) is 121 Å². The Morgan fingerprint density at radius 2 is 1.32 bits per heavy atom. The van der Waals surface area contributed by atoms with Crippen molar-refractivity contribution < 1.29 is 110 Å². The van der Waals surface area contributed by atoms with Crippen LogP contribution < -0.4 is 42.0 Å².